The molecule has 0 bridgehead atoms. The van der Waals surface area contributed by atoms with E-state index in [0.717, 1.165) is 6.54 Å². The fourth-order valence-corrected chi connectivity index (χ4v) is 1.95. The summed E-state index contributed by atoms with van der Waals surface area (Å²) >= 11 is 0. The molecule has 86 valence electrons. The highest BCUT2D eigenvalue weighted by atomic mass is 16.2. The molecule has 1 fully saturated rings. The molecule has 0 atom stereocenters. The van der Waals surface area contributed by atoms with Crippen LogP contribution in [0, 0.1) is 5.92 Å². The van der Waals surface area contributed by atoms with E-state index in [9.17, 15) is 4.79 Å². The minimum atomic E-state index is 0.0287. The second-order valence-electron chi connectivity index (χ2n) is 4.45. The maximum Gasteiger partial charge on any atom is 0.253 e. The molecule has 0 radical (unpaired) electrons. The molecule has 1 aliphatic carbocycles. The third-order valence-electron chi connectivity index (χ3n) is 3.13. The summed E-state index contributed by atoms with van der Waals surface area (Å²) < 4.78 is 0. The molecule has 1 saturated carbocycles. The van der Waals surface area contributed by atoms with Gasteiger partial charge in [-0.2, -0.15) is 0 Å². The average molecular weight is 219 g/mol. The largest absolute Gasteiger partial charge is 0.384 e. The normalized spacial score (nSPS) is 15.6. The first kappa shape index (κ1) is 10.9. The molecule has 1 aliphatic rings. The molecule has 16 heavy (non-hydrogen) atoms. The minimum absolute atomic E-state index is 0.0287. The van der Waals surface area contributed by atoms with Crippen molar-refractivity contribution in [2.45, 2.75) is 19.3 Å². The number of hydrogen-bond acceptors (Lipinski definition) is 3. The number of nitrogens with zero attached hydrogens (tertiary/aromatic N) is 2. The highest BCUT2D eigenvalue weighted by molar-refractivity contribution is 5.94. The van der Waals surface area contributed by atoms with E-state index in [-0.39, 0.29) is 5.91 Å². The molecule has 1 aromatic heterocycles. The lowest BCUT2D eigenvalue weighted by molar-refractivity contribution is 0.0745. The number of carbonyl (C=O) groups excluding carboxylic acids is 1. The van der Waals surface area contributed by atoms with E-state index < -0.39 is 0 Å². The molecule has 4 heteroatoms. The second kappa shape index (κ2) is 4.51. The monoisotopic (exact) mass is 219 g/mol. The zero-order chi connectivity index (χ0) is 11.5. The van der Waals surface area contributed by atoms with E-state index >= 15 is 0 Å². The van der Waals surface area contributed by atoms with E-state index in [0.29, 0.717) is 17.3 Å². The first-order chi connectivity index (χ1) is 7.66. The zero-order valence-electron chi connectivity index (χ0n) is 9.52. The van der Waals surface area contributed by atoms with Crippen molar-refractivity contribution in [2.24, 2.45) is 5.92 Å². The Balaban J connectivity index is 2.00. The Hall–Kier alpha value is -1.58. The Morgan fingerprint density at radius 2 is 2.38 bits per heavy atom. The average Bonchev–Trinajstić information content (AvgIpc) is 2.22. The van der Waals surface area contributed by atoms with E-state index in [4.69, 9.17) is 5.73 Å². The topological polar surface area (TPSA) is 59.2 Å². The summed E-state index contributed by atoms with van der Waals surface area (Å²) in [7, 11) is 1.84. The van der Waals surface area contributed by atoms with Crippen LogP contribution in [-0.2, 0) is 0 Å². The van der Waals surface area contributed by atoms with Gasteiger partial charge in [-0.1, -0.05) is 6.42 Å². The van der Waals surface area contributed by atoms with Crippen LogP contribution in [0.15, 0.2) is 18.3 Å². The van der Waals surface area contributed by atoms with Gasteiger partial charge in [-0.25, -0.2) is 4.98 Å². The molecule has 1 heterocycles. The lowest BCUT2D eigenvalue weighted by Crippen LogP contribution is -2.34. The lowest BCUT2D eigenvalue weighted by Gasteiger charge is -2.30. The quantitative estimate of drug-likeness (QED) is 0.838. The molecule has 0 aliphatic heterocycles. The number of carbonyl (C=O) groups is 1. The van der Waals surface area contributed by atoms with Gasteiger partial charge < -0.3 is 10.6 Å². The molecule has 0 unspecified atom stereocenters. The van der Waals surface area contributed by atoms with E-state index in [1.54, 1.807) is 23.2 Å². The molecular weight excluding hydrogens is 202 g/mol. The molecule has 0 spiro atoms. The van der Waals surface area contributed by atoms with Gasteiger partial charge in [0.1, 0.15) is 5.82 Å². The van der Waals surface area contributed by atoms with Crippen molar-refractivity contribution >= 4 is 11.7 Å². The van der Waals surface area contributed by atoms with Crippen LogP contribution in [-0.4, -0.2) is 29.4 Å². The van der Waals surface area contributed by atoms with Gasteiger partial charge in [0.2, 0.25) is 0 Å². The van der Waals surface area contributed by atoms with Gasteiger partial charge in [0.15, 0.2) is 0 Å². The molecule has 1 amide bonds. The van der Waals surface area contributed by atoms with E-state index in [1.165, 1.54) is 19.3 Å². The molecule has 2 rings (SSSR count). The van der Waals surface area contributed by atoms with Crippen LogP contribution in [0.1, 0.15) is 29.6 Å². The molecule has 1 aromatic rings. The fourth-order valence-electron chi connectivity index (χ4n) is 1.95. The lowest BCUT2D eigenvalue weighted by atomic mass is 9.85. The standard InChI is InChI=1S/C12H17N3O/c1-15(8-9-3-2-4-9)12(16)10-5-6-14-11(13)7-10/h5-7,9H,2-4,8H2,1H3,(H2,13,14). The summed E-state index contributed by atoms with van der Waals surface area (Å²) in [6.45, 7) is 0.848. The van der Waals surface area contributed by atoms with Gasteiger partial charge in [-0.05, 0) is 30.9 Å². The van der Waals surface area contributed by atoms with Crippen LogP contribution in [0.2, 0.25) is 0 Å². The number of nitrogens with two attached hydrogens (primary N) is 1. The van der Waals surface area contributed by atoms with Crippen molar-refractivity contribution in [3.05, 3.63) is 23.9 Å². The second-order valence-corrected chi connectivity index (χ2v) is 4.45. The van der Waals surface area contributed by atoms with Gasteiger partial charge in [0.05, 0.1) is 0 Å². The molecular formula is C12H17N3O. The Labute approximate surface area is 95.5 Å². The predicted octanol–water partition coefficient (Wildman–Crippen LogP) is 1.54. The molecule has 0 saturated heterocycles. The van der Waals surface area contributed by atoms with Gasteiger partial charge >= 0.3 is 0 Å². The summed E-state index contributed by atoms with van der Waals surface area (Å²) in [6, 6.07) is 3.33. The first-order valence-corrected chi connectivity index (χ1v) is 5.64. The summed E-state index contributed by atoms with van der Waals surface area (Å²) in [5.41, 5.74) is 6.17. The van der Waals surface area contributed by atoms with E-state index in [1.807, 2.05) is 7.05 Å². The van der Waals surface area contributed by atoms with Crippen LogP contribution in [0.25, 0.3) is 0 Å². The van der Waals surface area contributed by atoms with Crippen LogP contribution in [0.5, 0.6) is 0 Å². The number of amides is 1. The zero-order valence-corrected chi connectivity index (χ0v) is 9.52. The number of pyridine rings is 1. The highest BCUT2D eigenvalue weighted by Gasteiger charge is 2.22. The third-order valence-corrected chi connectivity index (χ3v) is 3.13. The van der Waals surface area contributed by atoms with Crippen LogP contribution >= 0.6 is 0 Å². The molecule has 2 N–H and O–H groups in total. The number of nitrogen functional groups attached to an aromatic ring is 1. The maximum atomic E-state index is 12.0. The number of rotatable bonds is 3. The Morgan fingerprint density at radius 3 is 2.94 bits per heavy atom. The van der Waals surface area contributed by atoms with E-state index in [2.05, 4.69) is 4.98 Å². The van der Waals surface area contributed by atoms with Crippen molar-refractivity contribution in [3.63, 3.8) is 0 Å². The summed E-state index contributed by atoms with van der Waals surface area (Å²) in [4.78, 5) is 17.7. The van der Waals surface area contributed by atoms with Crippen molar-refractivity contribution in [1.29, 1.82) is 0 Å². The SMILES string of the molecule is CN(CC1CCC1)C(=O)c1ccnc(N)c1. The van der Waals surface area contributed by atoms with Crippen molar-refractivity contribution < 1.29 is 4.79 Å². The third kappa shape index (κ3) is 2.32. The van der Waals surface area contributed by atoms with Gasteiger partial charge in [-0.3, -0.25) is 4.79 Å². The summed E-state index contributed by atoms with van der Waals surface area (Å²) in [5.74, 6) is 1.11. The Kier molecular flexibility index (Phi) is 3.08. The number of hydrogen-bond donors (Lipinski definition) is 1. The maximum absolute atomic E-state index is 12.0. The van der Waals surface area contributed by atoms with Crippen LogP contribution in [0.3, 0.4) is 0 Å². The van der Waals surface area contributed by atoms with Gasteiger partial charge in [0.25, 0.3) is 5.91 Å². The molecule has 4 nitrogen and oxygen atoms in total. The number of aromatic nitrogens is 1. The fraction of sp³-hybridized carbons (Fsp3) is 0.500. The van der Waals surface area contributed by atoms with Crippen LogP contribution < -0.4 is 5.73 Å². The van der Waals surface area contributed by atoms with Crippen LogP contribution in [0.4, 0.5) is 5.82 Å². The number of anilines is 1. The summed E-state index contributed by atoms with van der Waals surface area (Å²) in [6.07, 6.45) is 5.36. The van der Waals surface area contributed by atoms with Gasteiger partial charge in [-0.15, -0.1) is 0 Å². The van der Waals surface area contributed by atoms with Gasteiger partial charge in [0, 0.05) is 25.4 Å². The minimum Gasteiger partial charge on any atom is -0.384 e. The highest BCUT2D eigenvalue weighted by Crippen LogP contribution is 2.27. The van der Waals surface area contributed by atoms with Crippen molar-refractivity contribution in [1.82, 2.24) is 9.88 Å². The predicted molar refractivity (Wildman–Crippen MR) is 63.0 cm³/mol. The Bertz CT molecular complexity index is 388. The van der Waals surface area contributed by atoms with Crippen molar-refractivity contribution in [3.8, 4) is 0 Å². The van der Waals surface area contributed by atoms with Crippen molar-refractivity contribution in [2.75, 3.05) is 19.3 Å². The molecule has 0 aromatic carbocycles. The first-order valence-electron chi connectivity index (χ1n) is 5.64. The Morgan fingerprint density at radius 1 is 1.62 bits per heavy atom. The smallest absolute Gasteiger partial charge is 0.253 e. The summed E-state index contributed by atoms with van der Waals surface area (Å²) in [5, 5.41) is 0.